The van der Waals surface area contributed by atoms with Gasteiger partial charge in [0.2, 0.25) is 5.91 Å². The summed E-state index contributed by atoms with van der Waals surface area (Å²) >= 11 is 0. The van der Waals surface area contributed by atoms with Gasteiger partial charge in [-0.3, -0.25) is 9.69 Å². The molecule has 2 heterocycles. The molecule has 0 aromatic heterocycles. The van der Waals surface area contributed by atoms with Crippen molar-refractivity contribution in [2.75, 3.05) is 19.8 Å². The molecule has 2 aliphatic rings. The van der Waals surface area contributed by atoms with Crippen molar-refractivity contribution in [3.05, 3.63) is 24.6 Å². The predicted molar refractivity (Wildman–Crippen MR) is 130 cm³/mol. The van der Waals surface area contributed by atoms with E-state index in [-0.39, 0.29) is 5.91 Å². The zero-order valence-electron chi connectivity index (χ0n) is 20.4. The number of carbonyl (C=O) groups is 1. The number of hydrogen-bond acceptors (Lipinski definition) is 2. The van der Waals surface area contributed by atoms with E-state index in [0.717, 1.165) is 25.9 Å². The van der Waals surface area contributed by atoms with Crippen LogP contribution in [0.25, 0.3) is 0 Å². The van der Waals surface area contributed by atoms with Crippen LogP contribution >= 0.6 is 0 Å². The first-order valence-corrected chi connectivity index (χ1v) is 13.4. The lowest BCUT2D eigenvalue weighted by Crippen LogP contribution is -2.51. The highest BCUT2D eigenvalue weighted by Gasteiger charge is 2.34. The zero-order valence-corrected chi connectivity index (χ0v) is 20.4. The second-order valence-electron chi connectivity index (χ2n) is 9.66. The van der Waals surface area contributed by atoms with Gasteiger partial charge in [0.25, 0.3) is 0 Å². The van der Waals surface area contributed by atoms with Gasteiger partial charge in [0, 0.05) is 19.4 Å². The van der Waals surface area contributed by atoms with Crippen LogP contribution in [0.1, 0.15) is 122 Å². The van der Waals surface area contributed by atoms with Crippen LogP contribution in [0.3, 0.4) is 0 Å². The Labute approximate surface area is 192 Å². The van der Waals surface area contributed by atoms with Gasteiger partial charge in [-0.05, 0) is 25.0 Å². The van der Waals surface area contributed by atoms with Crippen LogP contribution in [0.5, 0.6) is 0 Å². The van der Waals surface area contributed by atoms with Crippen LogP contribution in [0.4, 0.5) is 0 Å². The highest BCUT2D eigenvalue weighted by Crippen LogP contribution is 2.22. The van der Waals surface area contributed by atoms with Gasteiger partial charge in [-0.2, -0.15) is 0 Å². The highest BCUT2D eigenvalue weighted by molar-refractivity contribution is 5.77. The molecule has 0 radical (unpaired) electrons. The van der Waals surface area contributed by atoms with Gasteiger partial charge in [0.05, 0.1) is 0 Å². The van der Waals surface area contributed by atoms with Crippen molar-refractivity contribution in [2.24, 2.45) is 0 Å². The van der Waals surface area contributed by atoms with Crippen LogP contribution in [-0.4, -0.2) is 35.2 Å². The summed E-state index contributed by atoms with van der Waals surface area (Å²) in [4.78, 5) is 20.0. The lowest BCUT2D eigenvalue weighted by atomic mass is 10.0. The number of likely N-dealkylation sites (tertiary alicyclic amines) is 1. The van der Waals surface area contributed by atoms with Gasteiger partial charge in [-0.15, -0.1) is 0 Å². The third-order valence-electron chi connectivity index (χ3n) is 6.79. The van der Waals surface area contributed by atoms with Crippen LogP contribution in [0.2, 0.25) is 0 Å². The molecule has 1 fully saturated rings. The zero-order chi connectivity index (χ0) is 22.0. The summed E-state index contributed by atoms with van der Waals surface area (Å²) in [5, 5.41) is 0. The van der Waals surface area contributed by atoms with E-state index in [2.05, 4.69) is 19.2 Å². The Morgan fingerprint density at radius 2 is 1.35 bits per heavy atom. The monoisotopic (exact) mass is 433 g/mol. The molecule has 2 aliphatic heterocycles. The quantitative estimate of drug-likeness (QED) is 0.155. The molecule has 1 unspecified atom stereocenters. The summed E-state index contributed by atoms with van der Waals surface area (Å²) in [5.41, 5.74) is 0. The molecule has 0 spiro atoms. The Morgan fingerprint density at radius 1 is 0.806 bits per heavy atom. The van der Waals surface area contributed by atoms with Crippen molar-refractivity contribution >= 4 is 5.91 Å². The van der Waals surface area contributed by atoms with E-state index < -0.39 is 0 Å². The minimum atomic E-state index is 0.274. The largest absolute Gasteiger partial charge is 0.317 e. The summed E-state index contributed by atoms with van der Waals surface area (Å²) in [7, 11) is 0. The second kappa shape index (κ2) is 16.4. The van der Waals surface area contributed by atoms with Crippen LogP contribution in [0, 0.1) is 0 Å². The van der Waals surface area contributed by atoms with E-state index in [1.807, 2.05) is 11.0 Å². The Hall–Kier alpha value is -1.29. The molecule has 0 aromatic rings. The Bertz CT molecular complexity index is 531. The molecule has 0 N–H and O–H groups in total. The highest BCUT2D eigenvalue weighted by atomic mass is 16.7. The summed E-state index contributed by atoms with van der Waals surface area (Å²) in [6, 6.07) is 0. The van der Waals surface area contributed by atoms with Gasteiger partial charge < -0.3 is 4.84 Å². The van der Waals surface area contributed by atoms with Crippen molar-refractivity contribution in [1.82, 2.24) is 4.90 Å². The SMILES string of the molecule is CCCCCCCCCCCCCCCCCC[N+]1(CN2CCCC2=O)C=CC=CO1. The summed E-state index contributed by atoms with van der Waals surface area (Å²) < 4.78 is 0.445. The number of nitrogens with zero attached hydrogens (tertiary/aromatic N) is 2. The van der Waals surface area contributed by atoms with Gasteiger partial charge >= 0.3 is 0 Å². The third-order valence-corrected chi connectivity index (χ3v) is 6.79. The van der Waals surface area contributed by atoms with Gasteiger partial charge in [-0.1, -0.05) is 101 Å². The fourth-order valence-electron chi connectivity index (χ4n) is 4.79. The van der Waals surface area contributed by atoms with Gasteiger partial charge in [-0.25, -0.2) is 0 Å². The van der Waals surface area contributed by atoms with Crippen molar-refractivity contribution in [3.8, 4) is 0 Å². The Morgan fingerprint density at radius 3 is 1.81 bits per heavy atom. The minimum Gasteiger partial charge on any atom is -0.317 e. The standard InChI is InChI=1S/C27H49N2O2/c1-2-3-4-5-6-7-8-9-10-11-12-13-14-15-16-17-23-29(24-18-19-25-31-29)26-28-22-20-21-27(28)30/h18-19,24-25H,2-17,20-23,26H2,1H3/q+1. The molecular formula is C27H49N2O2+. The van der Waals surface area contributed by atoms with Gasteiger partial charge in [0.15, 0.2) is 12.9 Å². The maximum atomic E-state index is 12.0. The smallest absolute Gasteiger partial charge is 0.227 e. The Balaban J connectivity index is 1.42. The average molecular weight is 434 g/mol. The Kier molecular flexibility index (Phi) is 13.7. The normalized spacial score (nSPS) is 20.5. The van der Waals surface area contributed by atoms with Gasteiger partial charge in [0.1, 0.15) is 12.7 Å². The maximum absolute atomic E-state index is 12.0. The van der Waals surface area contributed by atoms with Crippen LogP contribution in [0.15, 0.2) is 24.6 Å². The lowest BCUT2D eigenvalue weighted by Gasteiger charge is -2.35. The van der Waals surface area contributed by atoms with Crippen molar-refractivity contribution in [2.45, 2.75) is 122 Å². The van der Waals surface area contributed by atoms with E-state index >= 15 is 0 Å². The second-order valence-corrected chi connectivity index (χ2v) is 9.66. The molecule has 2 rings (SSSR count). The molecule has 4 heteroatoms. The number of rotatable bonds is 19. The molecule has 31 heavy (non-hydrogen) atoms. The number of amides is 1. The molecule has 4 nitrogen and oxygen atoms in total. The third kappa shape index (κ3) is 11.2. The molecule has 0 aromatic carbocycles. The maximum Gasteiger partial charge on any atom is 0.227 e. The molecule has 0 aliphatic carbocycles. The lowest BCUT2D eigenvalue weighted by molar-refractivity contribution is -1.06. The molecule has 178 valence electrons. The molecule has 0 bridgehead atoms. The first-order chi connectivity index (χ1) is 15.3. The van der Waals surface area contributed by atoms with Crippen molar-refractivity contribution in [1.29, 1.82) is 0 Å². The number of unbranched alkanes of at least 4 members (excludes halogenated alkanes) is 15. The average Bonchev–Trinajstić information content (AvgIpc) is 3.18. The van der Waals surface area contributed by atoms with Crippen molar-refractivity contribution < 1.29 is 14.3 Å². The number of quaternary nitrogens is 1. The van der Waals surface area contributed by atoms with Crippen LogP contribution < -0.4 is 0 Å². The topological polar surface area (TPSA) is 29.5 Å². The molecule has 1 amide bonds. The number of hydrogen-bond donors (Lipinski definition) is 0. The first kappa shape index (κ1) is 26.0. The summed E-state index contributed by atoms with van der Waals surface area (Å²) in [6.45, 7) is 4.76. The summed E-state index contributed by atoms with van der Waals surface area (Å²) in [5.74, 6) is 0.274. The molecular weight excluding hydrogens is 384 g/mol. The molecule has 1 saturated heterocycles. The van der Waals surface area contributed by atoms with E-state index in [4.69, 9.17) is 4.84 Å². The summed E-state index contributed by atoms with van der Waals surface area (Å²) in [6.07, 6.45) is 31.7. The van der Waals surface area contributed by atoms with E-state index in [1.54, 1.807) is 6.26 Å². The number of allylic oxidation sites excluding steroid dienone is 2. The number of hydroxylamine groups is 3. The van der Waals surface area contributed by atoms with Crippen molar-refractivity contribution in [3.63, 3.8) is 0 Å². The van der Waals surface area contributed by atoms with E-state index in [9.17, 15) is 4.79 Å². The van der Waals surface area contributed by atoms with Crippen LogP contribution in [-0.2, 0) is 9.63 Å². The number of carbonyl (C=O) groups excluding carboxylic acids is 1. The minimum absolute atomic E-state index is 0.274. The fourth-order valence-corrected chi connectivity index (χ4v) is 4.79. The van der Waals surface area contributed by atoms with E-state index in [0.29, 0.717) is 17.7 Å². The molecule has 1 atom stereocenters. The predicted octanol–water partition coefficient (Wildman–Crippen LogP) is 7.62. The fraction of sp³-hybridized carbons (Fsp3) is 0.815. The molecule has 0 saturated carbocycles. The van der Waals surface area contributed by atoms with E-state index in [1.165, 1.54) is 96.3 Å². The first-order valence-electron chi connectivity index (χ1n) is 13.4.